The van der Waals surface area contributed by atoms with E-state index in [0.717, 1.165) is 30.3 Å². The van der Waals surface area contributed by atoms with Crippen LogP contribution >= 0.6 is 0 Å². The fraction of sp³-hybridized carbons (Fsp3) is 0.429. The molecule has 84 valence electrons. The third-order valence-corrected chi connectivity index (χ3v) is 3.83. The number of aromatic amines is 1. The SMILES string of the molecule is CC1CCC(O)(c2cccc3[nH]ccc23)C1. The zero-order chi connectivity index (χ0) is 11.2. The number of hydrogen-bond donors (Lipinski definition) is 2. The van der Waals surface area contributed by atoms with Gasteiger partial charge in [0.25, 0.3) is 0 Å². The van der Waals surface area contributed by atoms with Crippen LogP contribution in [0, 0.1) is 5.92 Å². The number of nitrogens with one attached hydrogen (secondary N) is 1. The van der Waals surface area contributed by atoms with E-state index < -0.39 is 5.60 Å². The molecule has 1 aliphatic rings. The van der Waals surface area contributed by atoms with Crippen LogP contribution in [0.1, 0.15) is 31.7 Å². The molecule has 2 atom stereocenters. The van der Waals surface area contributed by atoms with Crippen molar-refractivity contribution in [2.45, 2.75) is 31.8 Å². The van der Waals surface area contributed by atoms with Crippen molar-refractivity contribution in [3.8, 4) is 0 Å². The van der Waals surface area contributed by atoms with Crippen molar-refractivity contribution in [1.29, 1.82) is 0 Å². The van der Waals surface area contributed by atoms with Crippen molar-refractivity contribution in [3.05, 3.63) is 36.0 Å². The summed E-state index contributed by atoms with van der Waals surface area (Å²) in [6.45, 7) is 2.22. The monoisotopic (exact) mass is 215 g/mol. The molecule has 2 aromatic rings. The Balaban J connectivity index is 2.15. The maximum Gasteiger partial charge on any atom is 0.0905 e. The molecule has 0 saturated heterocycles. The van der Waals surface area contributed by atoms with Gasteiger partial charge in [-0.25, -0.2) is 0 Å². The summed E-state index contributed by atoms with van der Waals surface area (Å²) in [7, 11) is 0. The number of aliphatic hydroxyl groups is 1. The molecule has 0 bridgehead atoms. The average Bonchev–Trinajstić information content (AvgIpc) is 2.85. The molecule has 0 aliphatic heterocycles. The highest BCUT2D eigenvalue weighted by Crippen LogP contribution is 2.43. The molecule has 1 fully saturated rings. The third-order valence-electron chi connectivity index (χ3n) is 3.83. The average molecular weight is 215 g/mol. The summed E-state index contributed by atoms with van der Waals surface area (Å²) in [6, 6.07) is 8.20. The molecule has 1 heterocycles. The third kappa shape index (κ3) is 1.37. The van der Waals surface area contributed by atoms with Crippen LogP contribution in [0.25, 0.3) is 10.9 Å². The number of fused-ring (bicyclic) bond motifs is 1. The highest BCUT2D eigenvalue weighted by atomic mass is 16.3. The summed E-state index contributed by atoms with van der Waals surface area (Å²) < 4.78 is 0. The molecule has 2 unspecified atom stereocenters. The summed E-state index contributed by atoms with van der Waals surface area (Å²) in [4.78, 5) is 3.20. The Hall–Kier alpha value is -1.28. The molecule has 0 amide bonds. The van der Waals surface area contributed by atoms with Crippen LogP contribution in [0.2, 0.25) is 0 Å². The van der Waals surface area contributed by atoms with Crippen molar-refractivity contribution in [3.63, 3.8) is 0 Å². The normalized spacial score (nSPS) is 30.0. The van der Waals surface area contributed by atoms with E-state index >= 15 is 0 Å². The van der Waals surface area contributed by atoms with Crippen molar-refractivity contribution in [2.24, 2.45) is 5.92 Å². The second-order valence-electron chi connectivity index (χ2n) is 5.12. The Labute approximate surface area is 95.3 Å². The largest absolute Gasteiger partial charge is 0.385 e. The lowest BCUT2D eigenvalue weighted by Crippen LogP contribution is -2.21. The van der Waals surface area contributed by atoms with Crippen LogP contribution in [0.15, 0.2) is 30.5 Å². The molecule has 3 rings (SSSR count). The molecule has 1 aliphatic carbocycles. The van der Waals surface area contributed by atoms with E-state index in [1.54, 1.807) is 0 Å². The van der Waals surface area contributed by atoms with E-state index in [2.05, 4.69) is 30.1 Å². The van der Waals surface area contributed by atoms with Gasteiger partial charge in [-0.05, 0) is 42.9 Å². The van der Waals surface area contributed by atoms with Gasteiger partial charge in [-0.2, -0.15) is 0 Å². The number of hydrogen-bond acceptors (Lipinski definition) is 1. The predicted molar refractivity (Wildman–Crippen MR) is 65.2 cm³/mol. The van der Waals surface area contributed by atoms with Crippen molar-refractivity contribution < 1.29 is 5.11 Å². The van der Waals surface area contributed by atoms with Crippen LogP contribution in [-0.2, 0) is 5.60 Å². The maximum absolute atomic E-state index is 10.7. The zero-order valence-electron chi connectivity index (χ0n) is 9.53. The van der Waals surface area contributed by atoms with Crippen LogP contribution in [0.5, 0.6) is 0 Å². The summed E-state index contributed by atoms with van der Waals surface area (Å²) in [6.07, 6.45) is 4.84. The lowest BCUT2D eigenvalue weighted by molar-refractivity contribution is 0.0423. The zero-order valence-corrected chi connectivity index (χ0v) is 9.53. The lowest BCUT2D eigenvalue weighted by Gasteiger charge is -2.24. The quantitative estimate of drug-likeness (QED) is 0.753. The van der Waals surface area contributed by atoms with E-state index in [-0.39, 0.29) is 0 Å². The lowest BCUT2D eigenvalue weighted by atomic mass is 9.89. The molecule has 1 saturated carbocycles. The number of rotatable bonds is 1. The minimum Gasteiger partial charge on any atom is -0.385 e. The molecule has 0 spiro atoms. The second kappa shape index (κ2) is 3.36. The summed E-state index contributed by atoms with van der Waals surface area (Å²) in [5, 5.41) is 11.9. The van der Waals surface area contributed by atoms with Gasteiger partial charge in [0.15, 0.2) is 0 Å². The van der Waals surface area contributed by atoms with E-state index in [4.69, 9.17) is 0 Å². The number of H-pyrrole nitrogens is 1. The van der Waals surface area contributed by atoms with Crippen molar-refractivity contribution >= 4 is 10.9 Å². The van der Waals surface area contributed by atoms with Crippen molar-refractivity contribution in [1.82, 2.24) is 4.98 Å². The highest BCUT2D eigenvalue weighted by Gasteiger charge is 2.37. The van der Waals surface area contributed by atoms with E-state index in [0.29, 0.717) is 5.92 Å². The van der Waals surface area contributed by atoms with Gasteiger partial charge in [0.2, 0.25) is 0 Å². The van der Waals surface area contributed by atoms with Gasteiger partial charge in [-0.15, -0.1) is 0 Å². The first-order valence-electron chi connectivity index (χ1n) is 5.98. The van der Waals surface area contributed by atoms with Gasteiger partial charge in [0.05, 0.1) is 5.60 Å². The molecular formula is C14H17NO. The molecule has 2 nitrogen and oxygen atoms in total. The van der Waals surface area contributed by atoms with Gasteiger partial charge in [0.1, 0.15) is 0 Å². The van der Waals surface area contributed by atoms with E-state index in [1.807, 2.05) is 12.3 Å². The molecular weight excluding hydrogens is 198 g/mol. The molecule has 1 aromatic carbocycles. The Morgan fingerprint density at radius 1 is 1.38 bits per heavy atom. The Bertz CT molecular complexity index is 516. The fourth-order valence-electron chi connectivity index (χ4n) is 3.00. The first-order valence-corrected chi connectivity index (χ1v) is 5.98. The molecule has 1 aromatic heterocycles. The van der Waals surface area contributed by atoms with Gasteiger partial charge in [-0.3, -0.25) is 0 Å². The Kier molecular flexibility index (Phi) is 2.08. The van der Waals surface area contributed by atoms with E-state index in [9.17, 15) is 5.11 Å². The van der Waals surface area contributed by atoms with Gasteiger partial charge >= 0.3 is 0 Å². The maximum atomic E-state index is 10.7. The minimum absolute atomic E-state index is 0.610. The Morgan fingerprint density at radius 2 is 2.25 bits per heavy atom. The van der Waals surface area contributed by atoms with Gasteiger partial charge in [-0.1, -0.05) is 19.1 Å². The first kappa shape index (κ1) is 9.91. The second-order valence-corrected chi connectivity index (χ2v) is 5.12. The molecule has 0 radical (unpaired) electrons. The Morgan fingerprint density at radius 3 is 3.00 bits per heavy atom. The van der Waals surface area contributed by atoms with E-state index in [1.165, 1.54) is 5.39 Å². The summed E-state index contributed by atoms with van der Waals surface area (Å²) >= 11 is 0. The summed E-state index contributed by atoms with van der Waals surface area (Å²) in [5.74, 6) is 0.624. The van der Waals surface area contributed by atoms with Crippen LogP contribution in [-0.4, -0.2) is 10.1 Å². The first-order chi connectivity index (χ1) is 7.69. The number of benzene rings is 1. The van der Waals surface area contributed by atoms with Crippen LogP contribution < -0.4 is 0 Å². The minimum atomic E-state index is -0.610. The van der Waals surface area contributed by atoms with Crippen LogP contribution in [0.3, 0.4) is 0 Å². The topological polar surface area (TPSA) is 36.0 Å². The van der Waals surface area contributed by atoms with Gasteiger partial charge in [0, 0.05) is 17.1 Å². The standard InChI is InChI=1S/C14H17NO/c1-10-5-7-14(16,9-10)12-3-2-4-13-11(12)6-8-15-13/h2-4,6,8,10,15-16H,5,7,9H2,1H3. The smallest absolute Gasteiger partial charge is 0.0905 e. The van der Waals surface area contributed by atoms with Crippen LogP contribution in [0.4, 0.5) is 0 Å². The molecule has 2 N–H and O–H groups in total. The molecule has 2 heteroatoms. The fourth-order valence-corrected chi connectivity index (χ4v) is 3.00. The predicted octanol–water partition coefficient (Wildman–Crippen LogP) is 3.18. The number of aromatic nitrogens is 1. The molecule has 16 heavy (non-hydrogen) atoms. The van der Waals surface area contributed by atoms with Crippen molar-refractivity contribution in [2.75, 3.05) is 0 Å². The summed E-state index contributed by atoms with van der Waals surface area (Å²) in [5.41, 5.74) is 1.60. The van der Waals surface area contributed by atoms with Gasteiger partial charge < -0.3 is 10.1 Å². The highest BCUT2D eigenvalue weighted by molar-refractivity contribution is 5.83.